The van der Waals surface area contributed by atoms with Gasteiger partial charge in [0.2, 0.25) is 0 Å². The first-order chi connectivity index (χ1) is 15.5. The molecular formula is C25H27ClN4OS. The summed E-state index contributed by atoms with van der Waals surface area (Å²) in [6.45, 7) is 5.63. The van der Waals surface area contributed by atoms with Crippen molar-refractivity contribution in [1.82, 2.24) is 14.7 Å². The highest BCUT2D eigenvalue weighted by Crippen LogP contribution is 2.43. The van der Waals surface area contributed by atoms with E-state index in [2.05, 4.69) is 34.4 Å². The summed E-state index contributed by atoms with van der Waals surface area (Å²) < 4.78 is 1.79. The largest absolute Gasteiger partial charge is 0.321 e. The number of benzene rings is 2. The third-order valence-electron chi connectivity index (χ3n) is 6.42. The van der Waals surface area contributed by atoms with Crippen molar-refractivity contribution in [3.8, 4) is 11.3 Å². The first-order valence-electron chi connectivity index (χ1n) is 11.1. The molecule has 1 N–H and O–H groups in total. The minimum atomic E-state index is -0.175. The summed E-state index contributed by atoms with van der Waals surface area (Å²) in [5.74, 6) is 1.38. The first kappa shape index (κ1) is 21.6. The van der Waals surface area contributed by atoms with Crippen LogP contribution in [0, 0.1) is 5.92 Å². The molecule has 1 amide bonds. The fraction of sp³-hybridized carbons (Fsp3) is 0.360. The smallest absolute Gasteiger partial charge is 0.276 e. The Bertz CT molecular complexity index is 1150. The van der Waals surface area contributed by atoms with Crippen LogP contribution in [-0.2, 0) is 19.3 Å². The molecule has 1 saturated heterocycles. The molecule has 32 heavy (non-hydrogen) atoms. The average Bonchev–Trinajstić information content (AvgIpc) is 3.14. The number of amides is 1. The zero-order valence-electron chi connectivity index (χ0n) is 18.4. The van der Waals surface area contributed by atoms with Gasteiger partial charge in [-0.25, -0.2) is 0 Å². The van der Waals surface area contributed by atoms with Gasteiger partial charge in [0.25, 0.3) is 5.91 Å². The van der Waals surface area contributed by atoms with Gasteiger partial charge in [-0.3, -0.25) is 14.4 Å². The number of anilines is 1. The predicted octanol–water partition coefficient (Wildman–Crippen LogP) is 5.83. The zero-order valence-corrected chi connectivity index (χ0v) is 20.0. The maximum atomic E-state index is 13.1. The molecule has 5 rings (SSSR count). The lowest BCUT2D eigenvalue weighted by atomic mass is 9.99. The van der Waals surface area contributed by atoms with E-state index in [1.807, 2.05) is 37.4 Å². The molecule has 3 aromatic rings. The van der Waals surface area contributed by atoms with Gasteiger partial charge < -0.3 is 5.32 Å². The summed E-state index contributed by atoms with van der Waals surface area (Å²) in [5.41, 5.74) is 5.51. The molecule has 2 aliphatic rings. The maximum Gasteiger partial charge on any atom is 0.276 e. The second-order valence-corrected chi connectivity index (χ2v) is 10.3. The van der Waals surface area contributed by atoms with E-state index in [1.165, 1.54) is 18.4 Å². The molecule has 2 aromatic carbocycles. The second-order valence-electron chi connectivity index (χ2n) is 8.84. The number of hydrogen-bond acceptors (Lipinski definition) is 4. The summed E-state index contributed by atoms with van der Waals surface area (Å²) >= 11 is 7.94. The summed E-state index contributed by atoms with van der Waals surface area (Å²) in [5, 5.41) is 8.27. The quantitative estimate of drug-likeness (QED) is 0.525. The molecule has 0 atom stereocenters. The van der Waals surface area contributed by atoms with E-state index in [1.54, 1.807) is 16.4 Å². The van der Waals surface area contributed by atoms with E-state index in [0.717, 1.165) is 53.0 Å². The van der Waals surface area contributed by atoms with Crippen LogP contribution in [0.3, 0.4) is 0 Å². The minimum Gasteiger partial charge on any atom is -0.321 e. The number of hydrogen-bond donors (Lipinski definition) is 1. The van der Waals surface area contributed by atoms with Crippen LogP contribution in [-0.4, -0.2) is 33.7 Å². The Labute approximate surface area is 198 Å². The molecule has 0 aliphatic carbocycles. The molecule has 7 heteroatoms. The monoisotopic (exact) mass is 466 g/mol. The second kappa shape index (κ2) is 8.93. The molecule has 0 radical (unpaired) electrons. The zero-order chi connectivity index (χ0) is 22.2. The Kier molecular flexibility index (Phi) is 6.01. The van der Waals surface area contributed by atoms with E-state index in [4.69, 9.17) is 11.6 Å². The molecule has 0 bridgehead atoms. The van der Waals surface area contributed by atoms with Crippen molar-refractivity contribution in [2.75, 3.05) is 18.4 Å². The molecule has 1 aromatic heterocycles. The molecule has 0 unspecified atom stereocenters. The first-order valence-corrected chi connectivity index (χ1v) is 12.5. The predicted molar refractivity (Wildman–Crippen MR) is 131 cm³/mol. The number of thioether (sulfide) groups is 1. The van der Waals surface area contributed by atoms with Crippen molar-refractivity contribution < 1.29 is 4.79 Å². The number of carbonyl (C=O) groups is 1. The highest BCUT2D eigenvalue weighted by atomic mass is 35.5. The van der Waals surface area contributed by atoms with Gasteiger partial charge in [0.05, 0.1) is 5.69 Å². The van der Waals surface area contributed by atoms with E-state index in [9.17, 15) is 4.79 Å². The number of fused-ring (bicyclic) bond motifs is 3. The van der Waals surface area contributed by atoms with Crippen LogP contribution in [0.5, 0.6) is 0 Å². The van der Waals surface area contributed by atoms with Crippen molar-refractivity contribution >= 4 is 35.0 Å². The van der Waals surface area contributed by atoms with Gasteiger partial charge in [-0.15, -0.1) is 11.8 Å². The Morgan fingerprint density at radius 1 is 1.19 bits per heavy atom. The van der Waals surface area contributed by atoms with Crippen LogP contribution in [0.15, 0.2) is 47.4 Å². The summed E-state index contributed by atoms with van der Waals surface area (Å²) in [7, 11) is 1.88. The van der Waals surface area contributed by atoms with E-state index in [-0.39, 0.29) is 5.91 Å². The highest BCUT2D eigenvalue weighted by Gasteiger charge is 2.28. The van der Waals surface area contributed by atoms with Crippen molar-refractivity contribution in [1.29, 1.82) is 0 Å². The Morgan fingerprint density at radius 2 is 1.94 bits per heavy atom. The van der Waals surface area contributed by atoms with Crippen molar-refractivity contribution in [3.05, 3.63) is 64.3 Å². The number of aryl methyl sites for hydroxylation is 1. The Balaban J connectivity index is 1.30. The molecule has 0 spiro atoms. The third kappa shape index (κ3) is 4.32. The van der Waals surface area contributed by atoms with Gasteiger partial charge in [-0.2, -0.15) is 5.10 Å². The van der Waals surface area contributed by atoms with Crippen LogP contribution in [0.2, 0.25) is 5.02 Å². The maximum absolute atomic E-state index is 13.1. The van der Waals surface area contributed by atoms with Crippen molar-refractivity contribution in [2.45, 2.75) is 37.0 Å². The lowest BCUT2D eigenvalue weighted by molar-refractivity contribution is 0.102. The Hall–Kier alpha value is -2.28. The SMILES string of the molecule is CC1CCN(Cc2ccc(NC(=O)c3nn(C)c4c3CSc3ccc(Cl)cc3-4)cc2)CC1. The van der Waals surface area contributed by atoms with Crippen LogP contribution >= 0.6 is 23.4 Å². The lowest BCUT2D eigenvalue weighted by Crippen LogP contribution is -2.32. The van der Waals surface area contributed by atoms with Gasteiger partial charge in [0.15, 0.2) is 5.69 Å². The third-order valence-corrected chi connectivity index (χ3v) is 7.76. The van der Waals surface area contributed by atoms with Gasteiger partial charge in [0, 0.05) is 46.1 Å². The van der Waals surface area contributed by atoms with Crippen LogP contribution in [0.1, 0.15) is 41.4 Å². The number of rotatable bonds is 4. The number of piperidine rings is 1. The van der Waals surface area contributed by atoms with Gasteiger partial charge in [0.1, 0.15) is 0 Å². The van der Waals surface area contributed by atoms with E-state index >= 15 is 0 Å². The minimum absolute atomic E-state index is 0.175. The highest BCUT2D eigenvalue weighted by molar-refractivity contribution is 7.98. The summed E-state index contributed by atoms with van der Waals surface area (Å²) in [6, 6.07) is 14.1. The normalized spacial score (nSPS) is 16.5. The van der Waals surface area contributed by atoms with Gasteiger partial charge >= 0.3 is 0 Å². The molecule has 3 heterocycles. The lowest BCUT2D eigenvalue weighted by Gasteiger charge is -2.30. The van der Waals surface area contributed by atoms with E-state index in [0.29, 0.717) is 16.5 Å². The molecule has 1 fully saturated rings. The molecule has 5 nitrogen and oxygen atoms in total. The number of nitrogens with zero attached hydrogens (tertiary/aromatic N) is 3. The van der Waals surface area contributed by atoms with Gasteiger partial charge in [-0.05, 0) is 67.7 Å². The van der Waals surface area contributed by atoms with Crippen molar-refractivity contribution in [3.63, 3.8) is 0 Å². The molecular weight excluding hydrogens is 440 g/mol. The number of aromatic nitrogens is 2. The topological polar surface area (TPSA) is 50.2 Å². The van der Waals surface area contributed by atoms with Crippen LogP contribution in [0.25, 0.3) is 11.3 Å². The average molecular weight is 467 g/mol. The fourth-order valence-electron chi connectivity index (χ4n) is 4.55. The number of carbonyl (C=O) groups excluding carboxylic acids is 1. The number of halogens is 1. The summed E-state index contributed by atoms with van der Waals surface area (Å²) in [4.78, 5) is 16.8. The number of likely N-dealkylation sites (tertiary alicyclic amines) is 1. The van der Waals surface area contributed by atoms with Crippen molar-refractivity contribution in [2.24, 2.45) is 13.0 Å². The standard InChI is InChI=1S/C25H27ClN4OS/c1-16-9-11-30(12-10-16)14-17-3-6-19(7-4-17)27-25(31)23-21-15-32-22-8-5-18(26)13-20(22)24(21)29(2)28-23/h3-8,13,16H,9-12,14-15H2,1-2H3,(H,27,31). The molecule has 0 saturated carbocycles. The number of nitrogens with one attached hydrogen (secondary N) is 1. The van der Waals surface area contributed by atoms with Gasteiger partial charge in [-0.1, -0.05) is 30.7 Å². The molecule has 2 aliphatic heterocycles. The Morgan fingerprint density at radius 3 is 2.69 bits per heavy atom. The molecule has 166 valence electrons. The van der Waals surface area contributed by atoms with Crippen LogP contribution in [0.4, 0.5) is 5.69 Å². The van der Waals surface area contributed by atoms with Crippen LogP contribution < -0.4 is 5.32 Å². The summed E-state index contributed by atoms with van der Waals surface area (Å²) in [6.07, 6.45) is 2.55. The fourth-order valence-corrected chi connectivity index (χ4v) is 5.77. The van der Waals surface area contributed by atoms with E-state index < -0.39 is 0 Å².